The van der Waals surface area contributed by atoms with Gasteiger partial charge in [0.05, 0.1) is 11.1 Å². The van der Waals surface area contributed by atoms with Crippen LogP contribution >= 0.6 is 0 Å². The average Bonchev–Trinajstić information content (AvgIpc) is 2.72. The molecule has 0 radical (unpaired) electrons. The molecule has 1 aromatic carbocycles. The number of alkyl halides is 3. The molecule has 20 heavy (non-hydrogen) atoms. The number of aromatic amines is 1. The maximum absolute atomic E-state index is 13.8. The van der Waals surface area contributed by atoms with Crippen molar-refractivity contribution in [1.82, 2.24) is 19.6 Å². The molecule has 1 N–H and O–H groups in total. The minimum absolute atomic E-state index is 0.119. The van der Waals surface area contributed by atoms with E-state index in [1.807, 2.05) is 0 Å². The summed E-state index contributed by atoms with van der Waals surface area (Å²) in [5, 5.41) is 3.59. The number of rotatable bonds is 0. The third kappa shape index (κ3) is 1.74. The van der Waals surface area contributed by atoms with E-state index in [0.717, 1.165) is 10.6 Å². The summed E-state index contributed by atoms with van der Waals surface area (Å²) in [7, 11) is 0. The van der Waals surface area contributed by atoms with Crippen LogP contribution in [-0.4, -0.2) is 19.6 Å². The maximum Gasteiger partial charge on any atom is 0.416 e. The first-order valence-corrected chi connectivity index (χ1v) is 5.43. The first-order valence-electron chi connectivity index (χ1n) is 5.43. The predicted octanol–water partition coefficient (Wildman–Crippen LogP) is 2.04. The molecule has 3 aromatic rings. The van der Waals surface area contributed by atoms with Crippen molar-refractivity contribution >= 4 is 16.6 Å². The van der Waals surface area contributed by atoms with Gasteiger partial charge in [-0.05, 0) is 19.1 Å². The summed E-state index contributed by atoms with van der Waals surface area (Å²) in [6.07, 6.45) is -4.70. The van der Waals surface area contributed by atoms with Gasteiger partial charge in [-0.25, -0.2) is 14.2 Å². The van der Waals surface area contributed by atoms with Gasteiger partial charge < -0.3 is 4.98 Å². The SMILES string of the molecule is Cc1nc2c3cc(C(F)(F)F)cc(F)c3[nH]c(=O)n2n1. The van der Waals surface area contributed by atoms with Crippen molar-refractivity contribution in [3.63, 3.8) is 0 Å². The number of halogens is 4. The normalized spacial score (nSPS) is 12.4. The molecule has 5 nitrogen and oxygen atoms in total. The Hall–Kier alpha value is -2.45. The van der Waals surface area contributed by atoms with E-state index in [0.29, 0.717) is 6.07 Å². The van der Waals surface area contributed by atoms with Gasteiger partial charge in [0.15, 0.2) is 5.65 Å². The van der Waals surface area contributed by atoms with Crippen molar-refractivity contribution < 1.29 is 17.6 Å². The second-order valence-electron chi connectivity index (χ2n) is 4.20. The Balaban J connectivity index is 2.54. The number of H-pyrrole nitrogens is 1. The minimum atomic E-state index is -4.70. The number of nitrogens with zero attached hydrogens (tertiary/aromatic N) is 3. The van der Waals surface area contributed by atoms with Gasteiger partial charge in [-0.2, -0.15) is 17.7 Å². The number of aromatic nitrogens is 4. The number of hydrogen-bond donors (Lipinski definition) is 1. The second kappa shape index (κ2) is 3.78. The van der Waals surface area contributed by atoms with Crippen LogP contribution in [0.1, 0.15) is 11.4 Å². The number of aryl methyl sites for hydroxylation is 1. The molecule has 0 aliphatic rings. The highest BCUT2D eigenvalue weighted by Crippen LogP contribution is 2.32. The summed E-state index contributed by atoms with van der Waals surface area (Å²) in [6, 6.07) is 1.07. The fourth-order valence-electron chi connectivity index (χ4n) is 1.96. The summed E-state index contributed by atoms with van der Waals surface area (Å²) >= 11 is 0. The van der Waals surface area contributed by atoms with Gasteiger partial charge in [-0.3, -0.25) is 0 Å². The topological polar surface area (TPSA) is 63.0 Å². The molecule has 3 rings (SSSR count). The van der Waals surface area contributed by atoms with Crippen LogP contribution in [0.15, 0.2) is 16.9 Å². The summed E-state index contributed by atoms with van der Waals surface area (Å²) in [4.78, 5) is 17.7. The quantitative estimate of drug-likeness (QED) is 0.643. The number of benzene rings is 1. The molecule has 2 heterocycles. The van der Waals surface area contributed by atoms with E-state index >= 15 is 0 Å². The average molecular weight is 286 g/mol. The lowest BCUT2D eigenvalue weighted by Gasteiger charge is -2.08. The lowest BCUT2D eigenvalue weighted by Crippen LogP contribution is -2.18. The Kier molecular flexibility index (Phi) is 2.38. The van der Waals surface area contributed by atoms with Gasteiger partial charge in [0.25, 0.3) is 0 Å². The van der Waals surface area contributed by atoms with E-state index in [9.17, 15) is 22.4 Å². The molecule has 0 fully saturated rings. The van der Waals surface area contributed by atoms with Crippen molar-refractivity contribution in [2.75, 3.05) is 0 Å². The largest absolute Gasteiger partial charge is 0.416 e. The van der Waals surface area contributed by atoms with Crippen LogP contribution in [-0.2, 0) is 6.18 Å². The first kappa shape index (κ1) is 12.6. The molecular formula is C11H6F4N4O. The highest BCUT2D eigenvalue weighted by atomic mass is 19.4. The predicted molar refractivity (Wildman–Crippen MR) is 60.8 cm³/mol. The van der Waals surface area contributed by atoms with E-state index in [4.69, 9.17) is 0 Å². The summed E-state index contributed by atoms with van der Waals surface area (Å²) in [5.74, 6) is -0.976. The van der Waals surface area contributed by atoms with Crippen molar-refractivity contribution in [3.05, 3.63) is 39.8 Å². The Morgan fingerprint density at radius 3 is 2.65 bits per heavy atom. The number of nitrogens with one attached hydrogen (secondary N) is 1. The van der Waals surface area contributed by atoms with Gasteiger partial charge in [0.1, 0.15) is 11.6 Å². The monoisotopic (exact) mass is 286 g/mol. The zero-order valence-electron chi connectivity index (χ0n) is 9.92. The molecule has 2 aromatic heterocycles. The highest BCUT2D eigenvalue weighted by Gasteiger charge is 2.32. The van der Waals surface area contributed by atoms with E-state index in [1.165, 1.54) is 6.92 Å². The molecule has 0 aliphatic carbocycles. The van der Waals surface area contributed by atoms with Gasteiger partial charge in [0.2, 0.25) is 0 Å². The smallest absolute Gasteiger partial charge is 0.303 e. The van der Waals surface area contributed by atoms with Crippen LogP contribution in [0.25, 0.3) is 16.6 Å². The highest BCUT2D eigenvalue weighted by molar-refractivity contribution is 5.91. The fourth-order valence-corrected chi connectivity index (χ4v) is 1.96. The molecule has 0 spiro atoms. The van der Waals surface area contributed by atoms with Gasteiger partial charge in [-0.15, -0.1) is 5.10 Å². The van der Waals surface area contributed by atoms with Crippen LogP contribution in [0.3, 0.4) is 0 Å². The van der Waals surface area contributed by atoms with Crippen LogP contribution in [0, 0.1) is 12.7 Å². The Morgan fingerprint density at radius 1 is 1.30 bits per heavy atom. The second-order valence-corrected chi connectivity index (χ2v) is 4.20. The van der Waals surface area contributed by atoms with Crippen LogP contribution in [0.5, 0.6) is 0 Å². The number of hydrogen-bond acceptors (Lipinski definition) is 3. The van der Waals surface area contributed by atoms with Crippen molar-refractivity contribution in [2.45, 2.75) is 13.1 Å². The van der Waals surface area contributed by atoms with Gasteiger partial charge >= 0.3 is 11.9 Å². The standard InChI is InChI=1S/C11H6F4N4O/c1-4-16-9-6-2-5(11(13,14)15)3-7(12)8(6)17-10(20)19(9)18-4/h2-3H,1H3,(H,17,20). The Morgan fingerprint density at radius 2 is 2.00 bits per heavy atom. The van der Waals surface area contributed by atoms with Crippen LogP contribution in [0.2, 0.25) is 0 Å². The summed E-state index contributed by atoms with van der Waals surface area (Å²) in [5.41, 5.74) is -2.38. The zero-order valence-corrected chi connectivity index (χ0v) is 9.92. The first-order chi connectivity index (χ1) is 9.27. The lowest BCUT2D eigenvalue weighted by molar-refractivity contribution is -0.137. The van der Waals surface area contributed by atoms with Crippen LogP contribution < -0.4 is 5.69 Å². The van der Waals surface area contributed by atoms with Crippen LogP contribution in [0.4, 0.5) is 17.6 Å². The number of fused-ring (bicyclic) bond motifs is 3. The van der Waals surface area contributed by atoms with Gasteiger partial charge in [0, 0.05) is 5.39 Å². The van der Waals surface area contributed by atoms with E-state index in [2.05, 4.69) is 15.1 Å². The Bertz CT molecular complexity index is 893. The lowest BCUT2D eigenvalue weighted by atomic mass is 10.1. The summed E-state index contributed by atoms with van der Waals surface area (Å²) in [6.45, 7) is 1.47. The molecule has 0 atom stereocenters. The molecule has 0 bridgehead atoms. The van der Waals surface area contributed by atoms with Crippen molar-refractivity contribution in [3.8, 4) is 0 Å². The molecule has 0 unspecified atom stereocenters. The van der Waals surface area contributed by atoms with E-state index in [1.54, 1.807) is 0 Å². The fraction of sp³-hybridized carbons (Fsp3) is 0.182. The molecular weight excluding hydrogens is 280 g/mol. The third-order valence-electron chi connectivity index (χ3n) is 2.80. The van der Waals surface area contributed by atoms with Crippen molar-refractivity contribution in [1.29, 1.82) is 0 Å². The molecule has 0 saturated heterocycles. The molecule has 9 heteroatoms. The van der Waals surface area contributed by atoms with Crippen molar-refractivity contribution in [2.24, 2.45) is 0 Å². The minimum Gasteiger partial charge on any atom is -0.303 e. The third-order valence-corrected chi connectivity index (χ3v) is 2.80. The maximum atomic E-state index is 13.8. The zero-order chi connectivity index (χ0) is 14.7. The summed E-state index contributed by atoms with van der Waals surface area (Å²) < 4.78 is 52.7. The Labute approximate surface area is 107 Å². The van der Waals surface area contributed by atoms with Gasteiger partial charge in [-0.1, -0.05) is 0 Å². The molecule has 104 valence electrons. The molecule has 0 aliphatic heterocycles. The van der Waals surface area contributed by atoms with E-state index in [-0.39, 0.29) is 22.4 Å². The molecule has 0 saturated carbocycles. The van der Waals surface area contributed by atoms with E-state index < -0.39 is 23.2 Å². The molecule has 0 amide bonds.